The van der Waals surface area contributed by atoms with E-state index in [9.17, 15) is 42.1 Å². The summed E-state index contributed by atoms with van der Waals surface area (Å²) < 4.78 is 73.5. The normalized spacial score (nSPS) is 24.1. The first-order chi connectivity index (χ1) is 17.5. The lowest BCUT2D eigenvalue weighted by molar-refractivity contribution is -0.132. The highest BCUT2D eigenvalue weighted by molar-refractivity contribution is 5.75. The molecule has 0 radical (unpaired) electrons. The third kappa shape index (κ3) is 4.41. The van der Waals surface area contributed by atoms with Crippen molar-refractivity contribution in [2.45, 2.75) is 31.0 Å². The Morgan fingerprint density at radius 1 is 1.19 bits per heavy atom. The Labute approximate surface area is 202 Å². The minimum atomic E-state index is -2.30. The monoisotopic (exact) mass is 531 g/mol. The molecule has 4 rings (SSSR count). The molecule has 0 aliphatic carbocycles. The third-order valence-corrected chi connectivity index (χ3v) is 5.57. The molecule has 1 saturated heterocycles. The number of rotatable bonds is 7. The van der Waals surface area contributed by atoms with Gasteiger partial charge in [-0.15, -0.1) is 0 Å². The summed E-state index contributed by atoms with van der Waals surface area (Å²) in [6.07, 6.45) is 0.304. The van der Waals surface area contributed by atoms with Gasteiger partial charge in [0.15, 0.2) is 40.2 Å². The minimum Gasteiger partial charge on any atom is -0.394 e. The number of hydrogen-bond donors (Lipinski definition) is 6. The first-order valence-corrected chi connectivity index (χ1v) is 10.4. The summed E-state index contributed by atoms with van der Waals surface area (Å²) in [7, 11) is 0. The number of halogens is 5. The molecule has 3 heterocycles. The lowest BCUT2D eigenvalue weighted by Crippen LogP contribution is -2.43. The van der Waals surface area contributed by atoms with Crippen LogP contribution in [0, 0.1) is 29.1 Å². The average molecular weight is 531 g/mol. The van der Waals surface area contributed by atoms with E-state index in [0.717, 1.165) is 24.8 Å². The molecule has 1 aliphatic heterocycles. The smallest absolute Gasteiger partial charge is 0.280 e. The SMILES string of the molecule is C[C@@]1(n2cnc3c(=O)[nH]c(/N=C/C=C/NNc4c(F)c(F)c(F)c(F)c4F)nc32)O[C@H](CO)[C@@H](O)[C@H]1O. The lowest BCUT2D eigenvalue weighted by Gasteiger charge is -2.29. The lowest BCUT2D eigenvalue weighted by atomic mass is 10.0. The Morgan fingerprint density at radius 2 is 1.84 bits per heavy atom. The fourth-order valence-corrected chi connectivity index (χ4v) is 3.63. The topological polar surface area (TPSA) is 170 Å². The number of aromatic nitrogens is 4. The Morgan fingerprint density at radius 3 is 2.46 bits per heavy atom. The summed E-state index contributed by atoms with van der Waals surface area (Å²) in [6, 6.07) is 0. The van der Waals surface area contributed by atoms with Crippen LogP contribution in [0.25, 0.3) is 11.2 Å². The number of imidazole rings is 1. The molecule has 198 valence electrons. The number of nitrogens with one attached hydrogen (secondary N) is 3. The zero-order valence-corrected chi connectivity index (χ0v) is 18.6. The fourth-order valence-electron chi connectivity index (χ4n) is 3.63. The number of aliphatic imine (C=N–C) groups is 1. The van der Waals surface area contributed by atoms with Gasteiger partial charge in [-0.25, -0.2) is 31.9 Å². The first kappa shape index (κ1) is 26.1. The molecular formula is C20H18F5N7O5. The predicted octanol–water partition coefficient (Wildman–Crippen LogP) is 0.433. The third-order valence-electron chi connectivity index (χ3n) is 5.57. The van der Waals surface area contributed by atoms with Crippen LogP contribution in [0.3, 0.4) is 0 Å². The number of aromatic amines is 1. The summed E-state index contributed by atoms with van der Waals surface area (Å²) in [5.74, 6) is -10.9. The second-order valence-electron chi connectivity index (χ2n) is 7.86. The van der Waals surface area contributed by atoms with Crippen LogP contribution < -0.4 is 16.4 Å². The zero-order valence-electron chi connectivity index (χ0n) is 18.6. The van der Waals surface area contributed by atoms with Crippen LogP contribution in [0.15, 0.2) is 28.4 Å². The van der Waals surface area contributed by atoms with E-state index >= 15 is 0 Å². The van der Waals surface area contributed by atoms with Crippen molar-refractivity contribution < 1.29 is 42.0 Å². The maximum Gasteiger partial charge on any atom is 0.280 e. The van der Waals surface area contributed by atoms with E-state index in [1.807, 2.05) is 5.43 Å². The molecular weight excluding hydrogens is 513 g/mol. The summed E-state index contributed by atoms with van der Waals surface area (Å²) in [4.78, 5) is 26.7. The van der Waals surface area contributed by atoms with Crippen LogP contribution in [0.4, 0.5) is 33.6 Å². The van der Waals surface area contributed by atoms with Crippen molar-refractivity contribution in [3.63, 3.8) is 0 Å². The number of hydrogen-bond acceptors (Lipinski definition) is 10. The number of aliphatic hydroxyl groups is 3. The van der Waals surface area contributed by atoms with E-state index in [4.69, 9.17) is 4.74 Å². The molecule has 17 heteroatoms. The molecule has 1 aromatic carbocycles. The van der Waals surface area contributed by atoms with Gasteiger partial charge in [0.05, 0.1) is 12.9 Å². The molecule has 3 aromatic rings. The molecule has 2 aromatic heterocycles. The molecule has 1 aliphatic rings. The van der Waals surface area contributed by atoms with Gasteiger partial charge in [0.2, 0.25) is 11.8 Å². The molecule has 12 nitrogen and oxygen atoms in total. The van der Waals surface area contributed by atoms with Crippen LogP contribution >= 0.6 is 0 Å². The van der Waals surface area contributed by atoms with Gasteiger partial charge in [-0.05, 0) is 13.0 Å². The number of hydrazine groups is 1. The molecule has 0 unspecified atom stereocenters. The Kier molecular flexibility index (Phi) is 6.96. The molecule has 1 fully saturated rings. The largest absolute Gasteiger partial charge is 0.394 e. The maximum atomic E-state index is 13.6. The standard InChI is InChI=1S/C20H18F5N7O5/c1-20(16(35)15(34)7(5-33)37-20)32-6-27-14-17(32)29-19(30-18(14)36)26-3-2-4-28-31-13-11(24)9(22)8(21)10(23)12(13)25/h2-4,6-7,15-16,28,31,33-35H,5H2,1H3,(H,29,30,36)/b4-2+,26-3+/t7-,15-,16-,20-/m1/s1. The van der Waals surface area contributed by atoms with Crippen LogP contribution in [-0.2, 0) is 10.5 Å². The highest BCUT2D eigenvalue weighted by Gasteiger charge is 2.53. The second kappa shape index (κ2) is 9.85. The van der Waals surface area contributed by atoms with Gasteiger partial charge in [-0.3, -0.25) is 19.8 Å². The number of anilines is 1. The fraction of sp³-hybridized carbons (Fsp3) is 0.300. The molecule has 0 bridgehead atoms. The van der Waals surface area contributed by atoms with Crippen molar-refractivity contribution in [1.82, 2.24) is 24.9 Å². The summed E-state index contributed by atoms with van der Waals surface area (Å²) in [5.41, 5.74) is 0.0634. The van der Waals surface area contributed by atoms with Gasteiger partial charge < -0.3 is 25.5 Å². The number of H-pyrrole nitrogens is 1. The van der Waals surface area contributed by atoms with Crippen molar-refractivity contribution >= 4 is 29.0 Å². The van der Waals surface area contributed by atoms with Crippen molar-refractivity contribution in [2.75, 3.05) is 12.0 Å². The minimum absolute atomic E-state index is 0.0710. The van der Waals surface area contributed by atoms with E-state index in [1.54, 1.807) is 0 Å². The molecule has 37 heavy (non-hydrogen) atoms. The molecule has 6 N–H and O–H groups in total. The Bertz CT molecular complexity index is 1430. The number of ether oxygens (including phenoxy) is 1. The number of allylic oxidation sites excluding steroid dienone is 1. The summed E-state index contributed by atoms with van der Waals surface area (Å²) in [5, 5.41) is 29.9. The number of benzene rings is 1. The van der Waals surface area contributed by atoms with Gasteiger partial charge in [0.25, 0.3) is 5.56 Å². The predicted molar refractivity (Wildman–Crippen MR) is 116 cm³/mol. The van der Waals surface area contributed by atoms with Crippen molar-refractivity contribution in [2.24, 2.45) is 4.99 Å². The average Bonchev–Trinajstić information content (AvgIpc) is 3.41. The van der Waals surface area contributed by atoms with E-state index in [1.165, 1.54) is 11.5 Å². The van der Waals surface area contributed by atoms with Crippen molar-refractivity contribution in [1.29, 1.82) is 0 Å². The maximum absolute atomic E-state index is 13.6. The number of fused-ring (bicyclic) bond motifs is 1. The molecule has 0 amide bonds. The van der Waals surface area contributed by atoms with Crippen LogP contribution in [0.5, 0.6) is 0 Å². The first-order valence-electron chi connectivity index (χ1n) is 10.4. The zero-order chi connectivity index (χ0) is 27.1. The van der Waals surface area contributed by atoms with Gasteiger partial charge in [-0.1, -0.05) is 0 Å². The highest BCUT2D eigenvalue weighted by Crippen LogP contribution is 2.36. The summed E-state index contributed by atoms with van der Waals surface area (Å²) >= 11 is 0. The highest BCUT2D eigenvalue weighted by atomic mass is 19.2. The van der Waals surface area contributed by atoms with E-state index in [-0.39, 0.29) is 17.1 Å². The second-order valence-corrected chi connectivity index (χ2v) is 7.86. The van der Waals surface area contributed by atoms with Crippen LogP contribution in [-0.4, -0.2) is 66.0 Å². The van der Waals surface area contributed by atoms with E-state index < -0.39 is 71.0 Å². The van der Waals surface area contributed by atoms with Gasteiger partial charge in [0, 0.05) is 12.4 Å². The summed E-state index contributed by atoms with van der Waals surface area (Å²) in [6.45, 7) is 0.818. The van der Waals surface area contributed by atoms with E-state index in [2.05, 4.69) is 25.4 Å². The number of nitrogens with zero attached hydrogens (tertiary/aromatic N) is 4. The van der Waals surface area contributed by atoms with Crippen LogP contribution in [0.2, 0.25) is 0 Å². The molecule has 4 atom stereocenters. The van der Waals surface area contributed by atoms with Crippen molar-refractivity contribution in [3.8, 4) is 0 Å². The van der Waals surface area contributed by atoms with Gasteiger partial charge >= 0.3 is 0 Å². The van der Waals surface area contributed by atoms with Crippen LogP contribution in [0.1, 0.15) is 6.92 Å². The quantitative estimate of drug-likeness (QED) is 0.0832. The Hall–Kier alpha value is -3.93. The van der Waals surface area contributed by atoms with Gasteiger partial charge in [0.1, 0.15) is 24.0 Å². The number of aliphatic hydroxyl groups excluding tert-OH is 3. The van der Waals surface area contributed by atoms with Gasteiger partial charge in [-0.2, -0.15) is 4.98 Å². The Balaban J connectivity index is 1.52. The van der Waals surface area contributed by atoms with E-state index in [0.29, 0.717) is 0 Å². The van der Waals surface area contributed by atoms with Crippen molar-refractivity contribution in [3.05, 3.63) is 58.0 Å². The molecule has 0 spiro atoms. The molecule has 0 saturated carbocycles.